The minimum Gasteiger partial charge on any atom is -0.492 e. The largest absolute Gasteiger partial charge is 0.492 e. The number of amides is 1. The van der Waals surface area contributed by atoms with Crippen LogP contribution < -0.4 is 10.1 Å². The van der Waals surface area contributed by atoms with Crippen LogP contribution in [-0.4, -0.2) is 29.8 Å². The molecule has 21 heavy (non-hydrogen) atoms. The van der Waals surface area contributed by atoms with Gasteiger partial charge in [0.05, 0.1) is 17.2 Å². The Hall–Kier alpha value is -1.26. The summed E-state index contributed by atoms with van der Waals surface area (Å²) in [6.45, 7) is 6.25. The minimum atomic E-state index is -0.885. The van der Waals surface area contributed by atoms with Crippen LogP contribution in [0.15, 0.2) is 24.3 Å². The summed E-state index contributed by atoms with van der Waals surface area (Å²) in [7, 11) is 0. The number of ether oxygens (including phenoxy) is 1. The number of rotatable bonds is 8. The zero-order valence-corrected chi connectivity index (χ0v) is 13.6. The maximum Gasteiger partial charge on any atom is 0.220 e. The van der Waals surface area contributed by atoms with E-state index in [0.717, 1.165) is 0 Å². The van der Waals surface area contributed by atoms with Gasteiger partial charge in [-0.05, 0) is 31.4 Å². The van der Waals surface area contributed by atoms with E-state index in [1.807, 2.05) is 26.0 Å². The Morgan fingerprint density at radius 2 is 2.10 bits per heavy atom. The maximum absolute atomic E-state index is 11.7. The summed E-state index contributed by atoms with van der Waals surface area (Å²) in [5, 5.41) is 13.3. The lowest BCUT2D eigenvalue weighted by Gasteiger charge is -2.27. The number of carbonyl (C=O) groups excluding carboxylic acids is 1. The summed E-state index contributed by atoms with van der Waals surface area (Å²) in [6, 6.07) is 7.24. The summed E-state index contributed by atoms with van der Waals surface area (Å²) in [5.41, 5.74) is -0.885. The molecule has 5 heteroatoms. The molecular weight excluding hydrogens is 290 g/mol. The number of aliphatic hydroxyl groups is 1. The van der Waals surface area contributed by atoms with Gasteiger partial charge >= 0.3 is 0 Å². The van der Waals surface area contributed by atoms with Gasteiger partial charge < -0.3 is 15.2 Å². The van der Waals surface area contributed by atoms with Gasteiger partial charge in [-0.25, -0.2) is 0 Å². The topological polar surface area (TPSA) is 58.6 Å². The summed E-state index contributed by atoms with van der Waals surface area (Å²) in [5.74, 6) is 0.627. The molecular formula is C16H24ClNO3. The fourth-order valence-corrected chi connectivity index (χ4v) is 1.74. The molecule has 0 spiro atoms. The van der Waals surface area contributed by atoms with Crippen molar-refractivity contribution >= 4 is 17.5 Å². The highest BCUT2D eigenvalue weighted by Gasteiger charge is 2.25. The van der Waals surface area contributed by atoms with Crippen molar-refractivity contribution < 1.29 is 14.6 Å². The van der Waals surface area contributed by atoms with Gasteiger partial charge in [-0.15, -0.1) is 0 Å². The first kappa shape index (κ1) is 17.8. The Morgan fingerprint density at radius 3 is 2.71 bits per heavy atom. The summed E-state index contributed by atoms with van der Waals surface area (Å²) in [6.07, 6.45) is 0.958. The van der Waals surface area contributed by atoms with E-state index in [-0.39, 0.29) is 18.4 Å². The fourth-order valence-electron chi connectivity index (χ4n) is 1.55. The monoisotopic (exact) mass is 313 g/mol. The van der Waals surface area contributed by atoms with Gasteiger partial charge in [0.2, 0.25) is 5.91 Å². The highest BCUT2D eigenvalue weighted by atomic mass is 35.5. The van der Waals surface area contributed by atoms with Crippen LogP contribution in [0.25, 0.3) is 0 Å². The molecule has 1 amide bonds. The average molecular weight is 314 g/mol. The first-order valence-corrected chi connectivity index (χ1v) is 7.57. The average Bonchev–Trinajstić information content (AvgIpc) is 2.43. The molecule has 0 bridgehead atoms. The molecule has 1 rings (SSSR count). The molecule has 0 fully saturated rings. The Morgan fingerprint density at radius 1 is 1.43 bits per heavy atom. The Bertz CT molecular complexity index is 461. The zero-order chi connectivity index (χ0) is 15.9. The summed E-state index contributed by atoms with van der Waals surface area (Å²) >= 11 is 5.96. The van der Waals surface area contributed by atoms with E-state index in [4.69, 9.17) is 16.3 Å². The molecule has 0 saturated carbocycles. The van der Waals surface area contributed by atoms with Crippen molar-refractivity contribution in [2.75, 3.05) is 13.2 Å². The molecule has 0 heterocycles. The van der Waals surface area contributed by atoms with Crippen LogP contribution in [0.2, 0.25) is 5.02 Å². The number of benzene rings is 1. The second-order valence-corrected chi connectivity index (χ2v) is 6.08. The molecule has 2 N–H and O–H groups in total. The SMILES string of the molecule is CC(C)C(C)(O)CNC(=O)CCCOc1ccccc1Cl. The first-order chi connectivity index (χ1) is 9.83. The smallest absolute Gasteiger partial charge is 0.220 e. The lowest BCUT2D eigenvalue weighted by atomic mass is 9.92. The third-order valence-corrected chi connectivity index (χ3v) is 3.84. The van der Waals surface area contributed by atoms with Crippen molar-refractivity contribution in [3.05, 3.63) is 29.3 Å². The molecule has 1 aromatic carbocycles. The van der Waals surface area contributed by atoms with Crippen molar-refractivity contribution in [1.82, 2.24) is 5.32 Å². The number of carbonyl (C=O) groups is 1. The van der Waals surface area contributed by atoms with Crippen molar-refractivity contribution in [1.29, 1.82) is 0 Å². The van der Waals surface area contributed by atoms with E-state index in [1.165, 1.54) is 0 Å². The van der Waals surface area contributed by atoms with Crippen molar-refractivity contribution in [2.45, 2.75) is 39.2 Å². The van der Waals surface area contributed by atoms with Gasteiger partial charge in [0.25, 0.3) is 0 Å². The zero-order valence-electron chi connectivity index (χ0n) is 12.9. The third kappa shape index (κ3) is 6.36. The number of hydrogen-bond donors (Lipinski definition) is 2. The Labute approximate surface area is 131 Å². The molecule has 0 aromatic heterocycles. The number of halogens is 1. The van der Waals surface area contributed by atoms with Crippen LogP contribution in [-0.2, 0) is 4.79 Å². The molecule has 1 unspecified atom stereocenters. The fraction of sp³-hybridized carbons (Fsp3) is 0.562. The van der Waals surface area contributed by atoms with Crippen LogP contribution in [0.1, 0.15) is 33.6 Å². The molecule has 118 valence electrons. The van der Waals surface area contributed by atoms with E-state index in [2.05, 4.69) is 5.32 Å². The van der Waals surface area contributed by atoms with Gasteiger partial charge in [-0.1, -0.05) is 37.6 Å². The van der Waals surface area contributed by atoms with Gasteiger partial charge in [0.1, 0.15) is 5.75 Å². The highest BCUT2D eigenvalue weighted by molar-refractivity contribution is 6.32. The number of hydrogen-bond acceptors (Lipinski definition) is 3. The normalized spacial score (nSPS) is 13.8. The van der Waals surface area contributed by atoms with Gasteiger partial charge in [0.15, 0.2) is 0 Å². The van der Waals surface area contributed by atoms with E-state index < -0.39 is 5.60 Å². The highest BCUT2D eigenvalue weighted by Crippen LogP contribution is 2.23. The van der Waals surface area contributed by atoms with Crippen molar-refractivity contribution in [3.63, 3.8) is 0 Å². The standard InChI is InChI=1S/C16H24ClNO3/c1-12(2)16(3,20)11-18-15(19)9-6-10-21-14-8-5-4-7-13(14)17/h4-5,7-8,12,20H,6,9-11H2,1-3H3,(H,18,19). The van der Waals surface area contributed by atoms with Gasteiger partial charge in [-0.3, -0.25) is 4.79 Å². The minimum absolute atomic E-state index is 0.0846. The third-order valence-electron chi connectivity index (χ3n) is 3.53. The van der Waals surface area contributed by atoms with E-state index in [9.17, 15) is 9.90 Å². The summed E-state index contributed by atoms with van der Waals surface area (Å²) < 4.78 is 5.51. The number of nitrogens with one attached hydrogen (secondary N) is 1. The molecule has 0 saturated heterocycles. The lowest BCUT2D eigenvalue weighted by Crippen LogP contribution is -2.44. The number of para-hydroxylation sites is 1. The predicted octanol–water partition coefficient (Wildman–Crippen LogP) is 3.02. The molecule has 4 nitrogen and oxygen atoms in total. The van der Waals surface area contributed by atoms with E-state index >= 15 is 0 Å². The Kier molecular flexibility index (Phi) is 6.99. The van der Waals surface area contributed by atoms with Crippen LogP contribution in [0.5, 0.6) is 5.75 Å². The van der Waals surface area contributed by atoms with E-state index in [0.29, 0.717) is 30.2 Å². The van der Waals surface area contributed by atoms with Gasteiger partial charge in [0, 0.05) is 13.0 Å². The summed E-state index contributed by atoms with van der Waals surface area (Å²) in [4.78, 5) is 11.7. The lowest BCUT2D eigenvalue weighted by molar-refractivity contribution is -0.122. The van der Waals surface area contributed by atoms with Crippen LogP contribution in [0, 0.1) is 5.92 Å². The second kappa shape index (κ2) is 8.25. The van der Waals surface area contributed by atoms with E-state index in [1.54, 1.807) is 19.1 Å². The molecule has 0 aliphatic carbocycles. The quantitative estimate of drug-likeness (QED) is 0.725. The van der Waals surface area contributed by atoms with Crippen molar-refractivity contribution in [2.24, 2.45) is 5.92 Å². The van der Waals surface area contributed by atoms with Gasteiger partial charge in [-0.2, -0.15) is 0 Å². The second-order valence-electron chi connectivity index (χ2n) is 5.67. The molecule has 0 radical (unpaired) electrons. The van der Waals surface area contributed by atoms with Crippen LogP contribution in [0.3, 0.4) is 0 Å². The molecule has 0 aliphatic rings. The van der Waals surface area contributed by atoms with Crippen molar-refractivity contribution in [3.8, 4) is 5.75 Å². The molecule has 1 aromatic rings. The maximum atomic E-state index is 11.7. The van der Waals surface area contributed by atoms with Crippen LogP contribution >= 0.6 is 11.6 Å². The first-order valence-electron chi connectivity index (χ1n) is 7.19. The van der Waals surface area contributed by atoms with Crippen LogP contribution in [0.4, 0.5) is 0 Å². The molecule has 0 aliphatic heterocycles. The molecule has 1 atom stereocenters. The predicted molar refractivity (Wildman–Crippen MR) is 84.7 cm³/mol. The Balaban J connectivity index is 2.21.